The van der Waals surface area contributed by atoms with Crippen LogP contribution in [0.2, 0.25) is 0 Å². The third kappa shape index (κ3) is 9.58. The molecule has 0 aromatic heterocycles. The summed E-state index contributed by atoms with van der Waals surface area (Å²) in [5.74, 6) is 0.342. The Kier molecular flexibility index (Phi) is 12.2. The zero-order valence-corrected chi connectivity index (χ0v) is 28.3. The molecule has 8 nitrogen and oxygen atoms in total. The van der Waals surface area contributed by atoms with E-state index in [4.69, 9.17) is 4.74 Å². The molecular formula is C40H41N3O5S. The number of hydrogen-bond acceptors (Lipinski definition) is 5. The van der Waals surface area contributed by atoms with E-state index < -0.39 is 28.5 Å². The van der Waals surface area contributed by atoms with Crippen molar-refractivity contribution < 1.29 is 22.7 Å². The lowest BCUT2D eigenvalue weighted by Gasteiger charge is -2.34. The van der Waals surface area contributed by atoms with Gasteiger partial charge in [0, 0.05) is 19.5 Å². The van der Waals surface area contributed by atoms with Crippen molar-refractivity contribution in [1.82, 2.24) is 10.2 Å². The first kappa shape index (κ1) is 34.9. The third-order valence-electron chi connectivity index (χ3n) is 8.01. The van der Waals surface area contributed by atoms with E-state index in [0.717, 1.165) is 28.3 Å². The second-order valence-electron chi connectivity index (χ2n) is 11.6. The van der Waals surface area contributed by atoms with Gasteiger partial charge in [-0.05, 0) is 66.1 Å². The minimum Gasteiger partial charge on any atom is -0.457 e. The summed E-state index contributed by atoms with van der Waals surface area (Å²) in [7, 11) is -4.21. The van der Waals surface area contributed by atoms with Gasteiger partial charge in [-0.25, -0.2) is 8.42 Å². The molecule has 49 heavy (non-hydrogen) atoms. The molecule has 1 atom stereocenters. The molecule has 0 aliphatic heterocycles. The Labute approximate surface area is 289 Å². The highest BCUT2D eigenvalue weighted by Crippen LogP contribution is 2.29. The number of carbonyl (C=O) groups excluding carboxylic acids is 2. The van der Waals surface area contributed by atoms with Crippen LogP contribution in [0.4, 0.5) is 5.69 Å². The molecule has 0 aliphatic rings. The molecule has 0 saturated carbocycles. The van der Waals surface area contributed by atoms with Crippen LogP contribution in [-0.4, -0.2) is 44.3 Å². The lowest BCUT2D eigenvalue weighted by Crippen LogP contribution is -2.53. The minimum atomic E-state index is -4.21. The topological polar surface area (TPSA) is 96.0 Å². The molecule has 5 rings (SSSR count). The predicted octanol–water partition coefficient (Wildman–Crippen LogP) is 7.23. The first-order valence-corrected chi connectivity index (χ1v) is 17.8. The lowest BCUT2D eigenvalue weighted by atomic mass is 10.0. The molecule has 0 fully saturated rings. The van der Waals surface area contributed by atoms with Crippen molar-refractivity contribution >= 4 is 27.5 Å². The van der Waals surface area contributed by atoms with E-state index in [9.17, 15) is 18.0 Å². The van der Waals surface area contributed by atoms with E-state index in [1.54, 1.807) is 42.5 Å². The monoisotopic (exact) mass is 675 g/mol. The molecule has 5 aromatic rings. The van der Waals surface area contributed by atoms with Crippen LogP contribution in [0.3, 0.4) is 0 Å². The second kappa shape index (κ2) is 17.1. The maximum absolute atomic E-state index is 14.6. The maximum atomic E-state index is 14.6. The quantitative estimate of drug-likeness (QED) is 0.111. The van der Waals surface area contributed by atoms with Gasteiger partial charge in [0.1, 0.15) is 24.1 Å². The summed E-state index contributed by atoms with van der Waals surface area (Å²) in [4.78, 5) is 30.0. The van der Waals surface area contributed by atoms with Crippen molar-refractivity contribution in [1.29, 1.82) is 0 Å². The highest BCUT2D eigenvalue weighted by Gasteiger charge is 2.34. The number of nitrogens with zero attached hydrogens (tertiary/aromatic N) is 2. The van der Waals surface area contributed by atoms with E-state index in [-0.39, 0.29) is 29.5 Å². The second-order valence-corrected chi connectivity index (χ2v) is 13.5. The van der Waals surface area contributed by atoms with Crippen molar-refractivity contribution in [2.45, 2.75) is 43.7 Å². The number of amides is 2. The number of carbonyl (C=O) groups is 2. The fourth-order valence-electron chi connectivity index (χ4n) is 5.39. The average Bonchev–Trinajstić information content (AvgIpc) is 3.14. The largest absolute Gasteiger partial charge is 0.457 e. The minimum absolute atomic E-state index is 0.0418. The van der Waals surface area contributed by atoms with Gasteiger partial charge >= 0.3 is 0 Å². The van der Waals surface area contributed by atoms with Gasteiger partial charge in [0.2, 0.25) is 11.8 Å². The number of anilines is 1. The van der Waals surface area contributed by atoms with Gasteiger partial charge in [0.05, 0.1) is 10.6 Å². The van der Waals surface area contributed by atoms with E-state index in [1.165, 1.54) is 17.0 Å². The van der Waals surface area contributed by atoms with E-state index in [2.05, 4.69) is 5.32 Å². The van der Waals surface area contributed by atoms with E-state index in [1.807, 2.05) is 97.9 Å². The average molecular weight is 676 g/mol. The van der Waals surface area contributed by atoms with Crippen LogP contribution in [0.25, 0.3) is 0 Å². The number of rotatable bonds is 16. The number of para-hydroxylation sites is 1. The maximum Gasteiger partial charge on any atom is 0.264 e. The highest BCUT2D eigenvalue weighted by molar-refractivity contribution is 7.92. The van der Waals surface area contributed by atoms with Gasteiger partial charge in [-0.1, -0.05) is 110 Å². The first-order chi connectivity index (χ1) is 23.8. The summed E-state index contributed by atoms with van der Waals surface area (Å²) in [5.41, 5.74) is 1.98. The molecule has 0 saturated heterocycles. The molecule has 1 unspecified atom stereocenters. The van der Waals surface area contributed by atoms with Crippen molar-refractivity contribution in [2.75, 3.05) is 17.4 Å². The third-order valence-corrected chi connectivity index (χ3v) is 9.80. The molecule has 0 heterocycles. The van der Waals surface area contributed by atoms with Gasteiger partial charge in [-0.2, -0.15) is 0 Å². The summed E-state index contributed by atoms with van der Waals surface area (Å²) in [6.07, 6.45) is 1.95. The number of unbranched alkanes of at least 4 members (excludes halogenated alkanes) is 1. The smallest absolute Gasteiger partial charge is 0.264 e. The Balaban J connectivity index is 1.52. The van der Waals surface area contributed by atoms with Crippen molar-refractivity contribution in [2.24, 2.45) is 0 Å². The first-order valence-electron chi connectivity index (χ1n) is 16.4. The normalized spacial score (nSPS) is 11.7. The molecular weight excluding hydrogens is 635 g/mol. The number of benzene rings is 5. The molecule has 0 radical (unpaired) electrons. The zero-order chi connectivity index (χ0) is 34.5. The molecule has 5 aromatic carbocycles. The van der Waals surface area contributed by atoms with Crippen LogP contribution < -0.4 is 14.4 Å². The predicted molar refractivity (Wildman–Crippen MR) is 193 cm³/mol. The van der Waals surface area contributed by atoms with Crippen LogP contribution >= 0.6 is 0 Å². The Morgan fingerprint density at radius 3 is 1.82 bits per heavy atom. The van der Waals surface area contributed by atoms with Crippen LogP contribution in [0.1, 0.15) is 30.9 Å². The van der Waals surface area contributed by atoms with Crippen LogP contribution in [-0.2, 0) is 32.6 Å². The van der Waals surface area contributed by atoms with Crippen LogP contribution in [0.5, 0.6) is 11.5 Å². The molecule has 0 spiro atoms. The van der Waals surface area contributed by atoms with E-state index >= 15 is 0 Å². The SMILES string of the molecule is CCCCNC(=O)C(Cc1ccccc1)N(Cc1ccccc1)C(=O)CN(c1ccc(Oc2ccccc2)cc1)S(=O)(=O)c1ccccc1. The molecule has 0 aliphatic carbocycles. The standard InChI is InChI=1S/C40H41N3O5S/c1-2-3-28-41-40(45)38(29-32-16-8-4-9-17-32)42(30-33-18-10-5-11-19-33)39(44)31-43(49(46,47)37-22-14-7-15-23-37)34-24-26-36(27-25-34)48-35-20-12-6-13-21-35/h4-27,38H,2-3,28-31H2,1H3,(H,41,45). The Bertz CT molecular complexity index is 1870. The fraction of sp³-hybridized carbons (Fsp3) is 0.200. The Morgan fingerprint density at radius 1 is 0.694 bits per heavy atom. The van der Waals surface area contributed by atoms with Crippen LogP contribution in [0, 0.1) is 0 Å². The molecule has 0 bridgehead atoms. The number of sulfonamides is 1. The molecule has 1 N–H and O–H groups in total. The summed E-state index contributed by atoms with van der Waals surface area (Å²) in [6, 6.07) is 41.9. The zero-order valence-electron chi connectivity index (χ0n) is 27.5. The van der Waals surface area contributed by atoms with Gasteiger partial charge in [0.25, 0.3) is 10.0 Å². The van der Waals surface area contributed by atoms with E-state index in [0.29, 0.717) is 18.0 Å². The summed E-state index contributed by atoms with van der Waals surface area (Å²) >= 11 is 0. The summed E-state index contributed by atoms with van der Waals surface area (Å²) < 4.78 is 35.5. The highest BCUT2D eigenvalue weighted by atomic mass is 32.2. The van der Waals surface area contributed by atoms with Crippen molar-refractivity contribution in [3.63, 3.8) is 0 Å². The summed E-state index contributed by atoms with van der Waals surface area (Å²) in [6.45, 7) is 2.10. The lowest BCUT2D eigenvalue weighted by molar-refractivity contribution is -0.140. The number of ether oxygens (including phenoxy) is 1. The molecule has 2 amide bonds. The van der Waals surface area contributed by atoms with Crippen molar-refractivity contribution in [3.8, 4) is 11.5 Å². The number of hydrogen-bond donors (Lipinski definition) is 1. The Morgan fingerprint density at radius 2 is 1.22 bits per heavy atom. The molecule has 252 valence electrons. The van der Waals surface area contributed by atoms with Crippen LogP contribution in [0.15, 0.2) is 150 Å². The fourth-order valence-corrected chi connectivity index (χ4v) is 6.83. The Hall–Kier alpha value is -5.41. The van der Waals surface area contributed by atoms with Crippen molar-refractivity contribution in [3.05, 3.63) is 157 Å². The van der Waals surface area contributed by atoms with Gasteiger partial charge in [0.15, 0.2) is 0 Å². The van der Waals surface area contributed by atoms with Gasteiger partial charge in [-0.15, -0.1) is 0 Å². The number of nitrogens with one attached hydrogen (secondary N) is 1. The van der Waals surface area contributed by atoms with Gasteiger partial charge in [-0.3, -0.25) is 13.9 Å². The van der Waals surface area contributed by atoms with Gasteiger partial charge < -0.3 is 15.0 Å². The molecule has 9 heteroatoms. The summed E-state index contributed by atoms with van der Waals surface area (Å²) in [5, 5.41) is 3.01.